The van der Waals surface area contributed by atoms with Gasteiger partial charge in [-0.1, -0.05) is 20.8 Å². The fraction of sp³-hybridized carbons (Fsp3) is 0.750. The van der Waals surface area contributed by atoms with Gasteiger partial charge in [-0.3, -0.25) is 4.99 Å². The molecule has 0 unspecified atom stereocenters. The third-order valence-electron chi connectivity index (χ3n) is 5.29. The summed E-state index contributed by atoms with van der Waals surface area (Å²) in [4.78, 5) is 7.92. The first-order valence-electron chi connectivity index (χ1n) is 10.7. The van der Waals surface area contributed by atoms with E-state index >= 15 is 0 Å². The minimum atomic E-state index is -3.36. The zero-order chi connectivity index (χ0) is 21.3. The van der Waals surface area contributed by atoms with Gasteiger partial charge in [0.25, 0.3) is 10.0 Å². The molecule has 1 aromatic rings. The highest BCUT2D eigenvalue weighted by Crippen LogP contribution is 2.25. The molecular weight excluding hydrogens is 406 g/mol. The monoisotopic (exact) mass is 443 g/mol. The molecule has 2 heterocycles. The van der Waals surface area contributed by atoms with Gasteiger partial charge in [0, 0.05) is 50.7 Å². The van der Waals surface area contributed by atoms with Gasteiger partial charge in [0.15, 0.2) is 5.96 Å². The third kappa shape index (κ3) is 6.94. The summed E-state index contributed by atoms with van der Waals surface area (Å²) in [6, 6.07) is 4.11. The Balaban J connectivity index is 1.80. The standard InChI is InChI=1S/C20H37N5O2S2/c1-5-14-24-15-11-17(12-16-24)23-20(21-4)22-13-10-18-8-9-19(28-18)29(26,27)25(6-2)7-3/h8-9,17H,5-7,10-16H2,1-4H3,(H2,21,22,23). The molecule has 1 aliphatic rings. The number of sulfonamides is 1. The van der Waals surface area contributed by atoms with E-state index in [1.54, 1.807) is 13.1 Å². The van der Waals surface area contributed by atoms with Crippen molar-refractivity contribution in [2.45, 2.75) is 56.7 Å². The van der Waals surface area contributed by atoms with Crippen LogP contribution in [0.25, 0.3) is 0 Å². The second-order valence-electron chi connectivity index (χ2n) is 7.32. The van der Waals surface area contributed by atoms with Crippen molar-refractivity contribution in [3.05, 3.63) is 17.0 Å². The Morgan fingerprint density at radius 3 is 2.52 bits per heavy atom. The third-order valence-corrected chi connectivity index (χ3v) is 8.95. The Bertz CT molecular complexity index is 736. The summed E-state index contributed by atoms with van der Waals surface area (Å²) < 4.78 is 27.1. The highest BCUT2D eigenvalue weighted by atomic mass is 32.2. The van der Waals surface area contributed by atoms with E-state index in [4.69, 9.17) is 0 Å². The number of likely N-dealkylation sites (tertiary alicyclic amines) is 1. The van der Waals surface area contributed by atoms with E-state index < -0.39 is 10.0 Å². The summed E-state index contributed by atoms with van der Waals surface area (Å²) in [6.45, 7) is 11.1. The number of aliphatic imine (C=N–C) groups is 1. The molecule has 1 aliphatic heterocycles. The van der Waals surface area contributed by atoms with Crippen LogP contribution in [0, 0.1) is 0 Å². The van der Waals surface area contributed by atoms with Gasteiger partial charge in [0.2, 0.25) is 0 Å². The first-order chi connectivity index (χ1) is 13.9. The summed E-state index contributed by atoms with van der Waals surface area (Å²) in [7, 11) is -1.57. The van der Waals surface area contributed by atoms with Crippen LogP contribution in [0.3, 0.4) is 0 Å². The molecule has 0 aromatic carbocycles. The lowest BCUT2D eigenvalue weighted by atomic mass is 10.1. The van der Waals surface area contributed by atoms with Crippen molar-refractivity contribution in [3.8, 4) is 0 Å². The molecule has 9 heteroatoms. The van der Waals surface area contributed by atoms with Crippen molar-refractivity contribution in [1.29, 1.82) is 0 Å². The van der Waals surface area contributed by atoms with Crippen LogP contribution < -0.4 is 10.6 Å². The molecule has 0 spiro atoms. The lowest BCUT2D eigenvalue weighted by Crippen LogP contribution is -2.49. The zero-order valence-corrected chi connectivity index (χ0v) is 19.9. The first kappa shape index (κ1) is 24.1. The molecule has 1 aromatic heterocycles. The van der Waals surface area contributed by atoms with Crippen LogP contribution >= 0.6 is 11.3 Å². The molecule has 29 heavy (non-hydrogen) atoms. The molecule has 1 fully saturated rings. The van der Waals surface area contributed by atoms with Crippen LogP contribution in [0.2, 0.25) is 0 Å². The number of rotatable bonds is 10. The maximum Gasteiger partial charge on any atom is 0.252 e. The van der Waals surface area contributed by atoms with E-state index in [9.17, 15) is 8.42 Å². The van der Waals surface area contributed by atoms with Crippen LogP contribution in [0.4, 0.5) is 0 Å². The van der Waals surface area contributed by atoms with Crippen molar-refractivity contribution in [3.63, 3.8) is 0 Å². The fourth-order valence-corrected chi connectivity index (χ4v) is 6.60. The number of hydrogen-bond acceptors (Lipinski definition) is 5. The highest BCUT2D eigenvalue weighted by molar-refractivity contribution is 7.91. The topological polar surface area (TPSA) is 77.0 Å². The molecule has 0 radical (unpaired) electrons. The number of thiophene rings is 1. The molecule has 0 saturated carbocycles. The molecule has 0 bridgehead atoms. The highest BCUT2D eigenvalue weighted by Gasteiger charge is 2.23. The van der Waals surface area contributed by atoms with Gasteiger partial charge in [-0.05, 0) is 44.4 Å². The van der Waals surface area contributed by atoms with Gasteiger partial charge in [0.1, 0.15) is 4.21 Å². The van der Waals surface area contributed by atoms with Crippen LogP contribution in [0.1, 0.15) is 44.9 Å². The Kier molecular flexibility index (Phi) is 9.88. The smallest absolute Gasteiger partial charge is 0.252 e. The maximum absolute atomic E-state index is 12.6. The Labute approximate surface area is 180 Å². The zero-order valence-electron chi connectivity index (χ0n) is 18.3. The minimum Gasteiger partial charge on any atom is -0.356 e. The van der Waals surface area contributed by atoms with Gasteiger partial charge < -0.3 is 15.5 Å². The molecule has 0 atom stereocenters. The van der Waals surface area contributed by atoms with Crippen LogP contribution in [-0.2, 0) is 16.4 Å². The van der Waals surface area contributed by atoms with Crippen LogP contribution in [0.15, 0.2) is 21.3 Å². The van der Waals surface area contributed by atoms with E-state index in [1.165, 1.54) is 28.6 Å². The number of guanidine groups is 1. The lowest BCUT2D eigenvalue weighted by Gasteiger charge is -2.32. The van der Waals surface area contributed by atoms with E-state index in [0.29, 0.717) is 23.3 Å². The number of nitrogens with one attached hydrogen (secondary N) is 2. The van der Waals surface area contributed by atoms with Crippen molar-refractivity contribution in [1.82, 2.24) is 19.8 Å². The largest absolute Gasteiger partial charge is 0.356 e. The summed E-state index contributed by atoms with van der Waals surface area (Å²) >= 11 is 1.36. The predicted molar refractivity (Wildman–Crippen MR) is 122 cm³/mol. The molecule has 166 valence electrons. The van der Waals surface area contributed by atoms with Crippen LogP contribution in [-0.4, -0.2) is 75.9 Å². The van der Waals surface area contributed by atoms with Crippen LogP contribution in [0.5, 0.6) is 0 Å². The summed E-state index contributed by atoms with van der Waals surface area (Å²) in [5.74, 6) is 0.825. The van der Waals surface area contributed by atoms with Crippen molar-refractivity contribution < 1.29 is 8.42 Å². The lowest BCUT2D eigenvalue weighted by molar-refractivity contribution is 0.206. The summed E-state index contributed by atoms with van der Waals surface area (Å²) in [6.07, 6.45) is 4.26. The number of hydrogen-bond donors (Lipinski definition) is 2. The number of nitrogens with zero attached hydrogens (tertiary/aromatic N) is 3. The van der Waals surface area contributed by atoms with E-state index in [2.05, 4.69) is 27.4 Å². The molecule has 0 amide bonds. The molecule has 1 saturated heterocycles. The van der Waals surface area contributed by atoms with E-state index in [0.717, 1.165) is 49.7 Å². The Morgan fingerprint density at radius 2 is 1.93 bits per heavy atom. The first-order valence-corrected chi connectivity index (χ1v) is 13.0. The Hall–Kier alpha value is -1.16. The summed E-state index contributed by atoms with van der Waals surface area (Å²) in [5, 5.41) is 6.89. The molecular formula is C20H37N5O2S2. The Morgan fingerprint density at radius 1 is 1.24 bits per heavy atom. The van der Waals surface area contributed by atoms with Gasteiger partial charge in [-0.2, -0.15) is 4.31 Å². The van der Waals surface area contributed by atoms with Crippen molar-refractivity contribution in [2.75, 3.05) is 46.3 Å². The molecule has 2 rings (SSSR count). The molecule has 2 N–H and O–H groups in total. The van der Waals surface area contributed by atoms with Gasteiger partial charge >= 0.3 is 0 Å². The predicted octanol–water partition coefficient (Wildman–Crippen LogP) is 2.36. The normalized spacial score (nSPS) is 17.1. The average Bonchev–Trinajstić information content (AvgIpc) is 3.19. The minimum absolute atomic E-state index is 0.428. The van der Waals surface area contributed by atoms with Gasteiger partial charge in [-0.25, -0.2) is 8.42 Å². The maximum atomic E-state index is 12.6. The van der Waals surface area contributed by atoms with Gasteiger partial charge in [0.05, 0.1) is 0 Å². The second-order valence-corrected chi connectivity index (χ2v) is 10.7. The SMILES string of the molecule is CCCN1CCC(NC(=NC)NCCc2ccc(S(=O)(=O)N(CC)CC)s2)CC1. The second kappa shape index (κ2) is 11.9. The molecule has 7 nitrogen and oxygen atoms in total. The average molecular weight is 444 g/mol. The summed E-state index contributed by atoms with van der Waals surface area (Å²) in [5.41, 5.74) is 0. The van der Waals surface area contributed by atoms with E-state index in [1.807, 2.05) is 19.9 Å². The number of piperidine rings is 1. The fourth-order valence-electron chi connectivity index (χ4n) is 3.63. The van der Waals surface area contributed by atoms with E-state index in [-0.39, 0.29) is 0 Å². The quantitative estimate of drug-likeness (QED) is 0.429. The molecule has 0 aliphatic carbocycles. The van der Waals surface area contributed by atoms with Crippen molar-refractivity contribution >= 4 is 27.3 Å². The van der Waals surface area contributed by atoms with Crippen molar-refractivity contribution in [2.24, 2.45) is 4.99 Å². The van der Waals surface area contributed by atoms with Gasteiger partial charge in [-0.15, -0.1) is 11.3 Å².